The molecule has 2 N–H and O–H groups in total. The van der Waals surface area contributed by atoms with Crippen LogP contribution in [0.15, 0.2) is 18.2 Å². The summed E-state index contributed by atoms with van der Waals surface area (Å²) < 4.78 is 0. The Labute approximate surface area is 109 Å². The van der Waals surface area contributed by atoms with Gasteiger partial charge >= 0.3 is 0 Å². The third kappa shape index (κ3) is 2.26. The van der Waals surface area contributed by atoms with E-state index < -0.39 is 0 Å². The molecule has 1 saturated carbocycles. The van der Waals surface area contributed by atoms with E-state index in [1.807, 2.05) is 12.1 Å². The van der Waals surface area contributed by atoms with Crippen molar-refractivity contribution in [2.45, 2.75) is 57.5 Å². The van der Waals surface area contributed by atoms with Crippen molar-refractivity contribution in [1.29, 1.82) is 0 Å². The topological polar surface area (TPSA) is 32.3 Å². The fourth-order valence-corrected chi connectivity index (χ4v) is 3.60. The van der Waals surface area contributed by atoms with Crippen molar-refractivity contribution in [3.63, 3.8) is 0 Å². The molecule has 0 saturated heterocycles. The maximum absolute atomic E-state index is 9.53. The highest BCUT2D eigenvalue weighted by atomic mass is 16.3. The van der Waals surface area contributed by atoms with Crippen molar-refractivity contribution in [2.24, 2.45) is 5.92 Å². The summed E-state index contributed by atoms with van der Waals surface area (Å²) in [5, 5.41) is 13.4. The SMILES string of the molecule is CC1CCCCC1NC1CCc2cc(O)ccc21. The molecule has 2 aliphatic carbocycles. The number of rotatable bonds is 2. The van der Waals surface area contributed by atoms with Gasteiger partial charge in [-0.3, -0.25) is 0 Å². The Hall–Kier alpha value is -1.02. The van der Waals surface area contributed by atoms with Crippen LogP contribution in [-0.2, 0) is 6.42 Å². The highest BCUT2D eigenvalue weighted by molar-refractivity contribution is 5.40. The number of benzene rings is 1. The molecule has 0 amide bonds. The van der Waals surface area contributed by atoms with Gasteiger partial charge in [0.25, 0.3) is 0 Å². The lowest BCUT2D eigenvalue weighted by Gasteiger charge is -2.32. The second kappa shape index (κ2) is 4.93. The Morgan fingerprint density at radius 2 is 2.00 bits per heavy atom. The maximum Gasteiger partial charge on any atom is 0.115 e. The van der Waals surface area contributed by atoms with Crippen LogP contribution in [0.2, 0.25) is 0 Å². The van der Waals surface area contributed by atoms with E-state index in [4.69, 9.17) is 0 Å². The molecule has 18 heavy (non-hydrogen) atoms. The Morgan fingerprint density at radius 1 is 1.17 bits per heavy atom. The minimum Gasteiger partial charge on any atom is -0.508 e. The van der Waals surface area contributed by atoms with Crippen LogP contribution < -0.4 is 5.32 Å². The van der Waals surface area contributed by atoms with Crippen LogP contribution in [-0.4, -0.2) is 11.1 Å². The van der Waals surface area contributed by atoms with Gasteiger partial charge in [0.1, 0.15) is 5.75 Å². The average Bonchev–Trinajstić information content (AvgIpc) is 2.74. The summed E-state index contributed by atoms with van der Waals surface area (Å²) in [6.07, 6.45) is 7.74. The first-order chi connectivity index (χ1) is 8.74. The normalized spacial score (nSPS) is 31.3. The van der Waals surface area contributed by atoms with Gasteiger partial charge in [-0.25, -0.2) is 0 Å². The number of nitrogens with one attached hydrogen (secondary N) is 1. The molecule has 2 aliphatic rings. The standard InChI is InChI=1S/C16H23NO/c1-11-4-2-3-5-15(11)17-16-9-6-12-10-13(18)7-8-14(12)16/h7-8,10-11,15-18H,2-6,9H2,1H3. The minimum absolute atomic E-state index is 0.403. The molecular formula is C16H23NO. The summed E-state index contributed by atoms with van der Waals surface area (Å²) in [7, 11) is 0. The highest BCUT2D eigenvalue weighted by Crippen LogP contribution is 2.35. The van der Waals surface area contributed by atoms with Gasteiger partial charge in [0.15, 0.2) is 0 Å². The maximum atomic E-state index is 9.53. The van der Waals surface area contributed by atoms with Gasteiger partial charge in [-0.1, -0.05) is 25.8 Å². The van der Waals surface area contributed by atoms with Crippen LogP contribution in [0, 0.1) is 5.92 Å². The lowest BCUT2D eigenvalue weighted by Crippen LogP contribution is -2.38. The number of fused-ring (bicyclic) bond motifs is 1. The van der Waals surface area contributed by atoms with E-state index in [0.29, 0.717) is 17.8 Å². The zero-order chi connectivity index (χ0) is 12.5. The summed E-state index contributed by atoms with van der Waals surface area (Å²) in [5.41, 5.74) is 2.74. The summed E-state index contributed by atoms with van der Waals surface area (Å²) in [6.45, 7) is 2.38. The summed E-state index contributed by atoms with van der Waals surface area (Å²) in [6, 6.07) is 7.04. The molecule has 0 aliphatic heterocycles. The number of aromatic hydroxyl groups is 1. The Kier molecular flexibility index (Phi) is 3.29. The zero-order valence-electron chi connectivity index (χ0n) is 11.2. The van der Waals surface area contributed by atoms with Gasteiger partial charge in [0.2, 0.25) is 0 Å². The van der Waals surface area contributed by atoms with Crippen LogP contribution in [0.5, 0.6) is 5.75 Å². The molecule has 2 nitrogen and oxygen atoms in total. The van der Waals surface area contributed by atoms with Crippen LogP contribution in [0.3, 0.4) is 0 Å². The van der Waals surface area contributed by atoms with Gasteiger partial charge < -0.3 is 10.4 Å². The molecule has 3 unspecified atom stereocenters. The predicted octanol–water partition coefficient (Wildman–Crippen LogP) is 3.55. The smallest absolute Gasteiger partial charge is 0.115 e. The summed E-state index contributed by atoms with van der Waals surface area (Å²) >= 11 is 0. The van der Waals surface area contributed by atoms with E-state index in [1.165, 1.54) is 43.2 Å². The van der Waals surface area contributed by atoms with Crippen LogP contribution in [0.25, 0.3) is 0 Å². The highest BCUT2D eigenvalue weighted by Gasteiger charge is 2.28. The van der Waals surface area contributed by atoms with E-state index >= 15 is 0 Å². The molecule has 0 heterocycles. The van der Waals surface area contributed by atoms with Crippen molar-refractivity contribution in [2.75, 3.05) is 0 Å². The van der Waals surface area contributed by atoms with Gasteiger partial charge in [-0.15, -0.1) is 0 Å². The quantitative estimate of drug-likeness (QED) is 0.835. The monoisotopic (exact) mass is 245 g/mol. The molecule has 0 aromatic heterocycles. The molecule has 2 heteroatoms. The molecule has 98 valence electrons. The van der Waals surface area contributed by atoms with Crippen molar-refractivity contribution >= 4 is 0 Å². The van der Waals surface area contributed by atoms with Gasteiger partial charge in [-0.2, -0.15) is 0 Å². The number of phenols is 1. The summed E-state index contributed by atoms with van der Waals surface area (Å²) in [4.78, 5) is 0. The van der Waals surface area contributed by atoms with Crippen molar-refractivity contribution in [3.8, 4) is 5.75 Å². The van der Waals surface area contributed by atoms with Crippen LogP contribution >= 0.6 is 0 Å². The van der Waals surface area contributed by atoms with Crippen molar-refractivity contribution in [1.82, 2.24) is 5.32 Å². The molecule has 0 radical (unpaired) electrons. The van der Waals surface area contributed by atoms with E-state index in [-0.39, 0.29) is 0 Å². The second-order valence-electron chi connectivity index (χ2n) is 6.01. The van der Waals surface area contributed by atoms with E-state index in [2.05, 4.69) is 18.3 Å². The lowest BCUT2D eigenvalue weighted by molar-refractivity contribution is 0.258. The van der Waals surface area contributed by atoms with Crippen LogP contribution in [0.1, 0.15) is 56.2 Å². The Bertz CT molecular complexity index is 429. The van der Waals surface area contributed by atoms with E-state index in [1.54, 1.807) is 0 Å². The molecule has 0 spiro atoms. The van der Waals surface area contributed by atoms with Gasteiger partial charge in [0.05, 0.1) is 0 Å². The van der Waals surface area contributed by atoms with E-state index in [9.17, 15) is 5.11 Å². The molecular weight excluding hydrogens is 222 g/mol. The molecule has 3 atom stereocenters. The average molecular weight is 245 g/mol. The van der Waals surface area contributed by atoms with Crippen molar-refractivity contribution in [3.05, 3.63) is 29.3 Å². The fraction of sp³-hybridized carbons (Fsp3) is 0.625. The number of aryl methyl sites for hydroxylation is 1. The lowest BCUT2D eigenvalue weighted by atomic mass is 9.85. The molecule has 1 aromatic carbocycles. The molecule has 0 bridgehead atoms. The Morgan fingerprint density at radius 3 is 2.83 bits per heavy atom. The predicted molar refractivity (Wildman–Crippen MR) is 73.7 cm³/mol. The first kappa shape index (κ1) is 12.0. The minimum atomic E-state index is 0.403. The Balaban J connectivity index is 1.72. The molecule has 1 fully saturated rings. The van der Waals surface area contributed by atoms with Crippen LogP contribution in [0.4, 0.5) is 0 Å². The van der Waals surface area contributed by atoms with Gasteiger partial charge in [-0.05, 0) is 54.9 Å². The molecule has 3 rings (SSSR count). The number of hydrogen-bond donors (Lipinski definition) is 2. The van der Waals surface area contributed by atoms with Gasteiger partial charge in [0, 0.05) is 12.1 Å². The zero-order valence-corrected chi connectivity index (χ0v) is 11.2. The first-order valence-corrected chi connectivity index (χ1v) is 7.32. The molecule has 1 aromatic rings. The number of hydrogen-bond acceptors (Lipinski definition) is 2. The summed E-state index contributed by atoms with van der Waals surface area (Å²) in [5.74, 6) is 1.21. The fourth-order valence-electron chi connectivity index (χ4n) is 3.60. The third-order valence-corrected chi connectivity index (χ3v) is 4.73. The largest absolute Gasteiger partial charge is 0.508 e. The first-order valence-electron chi connectivity index (χ1n) is 7.32. The third-order valence-electron chi connectivity index (χ3n) is 4.73. The van der Waals surface area contributed by atoms with Crippen molar-refractivity contribution < 1.29 is 5.11 Å². The second-order valence-corrected chi connectivity index (χ2v) is 6.01. The number of phenolic OH excluding ortho intramolecular Hbond substituents is 1. The van der Waals surface area contributed by atoms with E-state index in [0.717, 1.165) is 12.3 Å².